The van der Waals surface area contributed by atoms with Gasteiger partial charge in [-0.25, -0.2) is 9.97 Å². The molecule has 96 valence electrons. The van der Waals surface area contributed by atoms with Gasteiger partial charge < -0.3 is 5.11 Å². The van der Waals surface area contributed by atoms with E-state index < -0.39 is 5.97 Å². The van der Waals surface area contributed by atoms with Crippen LogP contribution in [0.1, 0.15) is 31.7 Å². The van der Waals surface area contributed by atoms with E-state index in [1.807, 2.05) is 16.7 Å². The van der Waals surface area contributed by atoms with Gasteiger partial charge in [0.2, 0.25) is 0 Å². The quantitative estimate of drug-likeness (QED) is 0.876. The Bertz CT molecular complexity index is 560. The topological polar surface area (TPSA) is 67.5 Å². The first-order chi connectivity index (χ1) is 8.54. The van der Waals surface area contributed by atoms with Gasteiger partial charge in [0.25, 0.3) is 0 Å². The summed E-state index contributed by atoms with van der Waals surface area (Å²) in [6.07, 6.45) is 5.06. The predicted molar refractivity (Wildman–Crippen MR) is 67.5 cm³/mol. The third-order valence-corrected chi connectivity index (χ3v) is 2.67. The summed E-state index contributed by atoms with van der Waals surface area (Å²) in [6, 6.07) is 1.96. The lowest BCUT2D eigenvalue weighted by molar-refractivity contribution is -0.136. The number of fused-ring (bicyclic) bond motifs is 1. The average Bonchev–Trinajstić information content (AvgIpc) is 2.67. The van der Waals surface area contributed by atoms with Crippen LogP contribution in [0.2, 0.25) is 0 Å². The SMILES string of the molecule is CC(C)Cc1cc2nc(CCC(=O)O)cn2cn1. The van der Waals surface area contributed by atoms with Crippen LogP contribution < -0.4 is 0 Å². The van der Waals surface area contributed by atoms with Crippen LogP contribution in [0, 0.1) is 5.92 Å². The van der Waals surface area contributed by atoms with Crippen LogP contribution in [0.3, 0.4) is 0 Å². The monoisotopic (exact) mass is 247 g/mol. The van der Waals surface area contributed by atoms with Crippen LogP contribution in [-0.2, 0) is 17.6 Å². The standard InChI is InChI=1S/C13H17N3O2/c1-9(2)5-11-6-12-15-10(3-4-13(17)18)7-16(12)8-14-11/h6-9H,3-5H2,1-2H3,(H,17,18). The predicted octanol–water partition coefficient (Wildman–Crippen LogP) is 1.95. The highest BCUT2D eigenvalue weighted by Gasteiger charge is 2.06. The summed E-state index contributed by atoms with van der Waals surface area (Å²) in [7, 11) is 0. The van der Waals surface area contributed by atoms with Crippen LogP contribution >= 0.6 is 0 Å². The number of rotatable bonds is 5. The molecular formula is C13H17N3O2. The van der Waals surface area contributed by atoms with E-state index in [4.69, 9.17) is 5.11 Å². The summed E-state index contributed by atoms with van der Waals surface area (Å²) in [5.74, 6) is -0.243. The molecular weight excluding hydrogens is 230 g/mol. The highest BCUT2D eigenvalue weighted by atomic mass is 16.4. The molecule has 2 rings (SSSR count). The van der Waals surface area contributed by atoms with Crippen LogP contribution in [-0.4, -0.2) is 25.4 Å². The molecule has 1 N–H and O–H groups in total. The fourth-order valence-electron chi connectivity index (χ4n) is 1.87. The first-order valence-corrected chi connectivity index (χ1v) is 6.09. The van der Waals surface area contributed by atoms with Crippen molar-refractivity contribution in [1.82, 2.24) is 14.4 Å². The molecule has 0 spiro atoms. The molecule has 0 amide bonds. The van der Waals surface area contributed by atoms with Gasteiger partial charge in [0, 0.05) is 24.4 Å². The normalized spacial score (nSPS) is 11.3. The Hall–Kier alpha value is -1.91. The maximum absolute atomic E-state index is 10.5. The number of hydrogen-bond acceptors (Lipinski definition) is 3. The number of carboxylic acids is 1. The zero-order chi connectivity index (χ0) is 13.1. The molecule has 0 aliphatic rings. The van der Waals surface area contributed by atoms with E-state index in [-0.39, 0.29) is 6.42 Å². The van der Waals surface area contributed by atoms with E-state index in [9.17, 15) is 4.79 Å². The number of carboxylic acid groups (broad SMARTS) is 1. The lowest BCUT2D eigenvalue weighted by atomic mass is 10.1. The molecule has 0 saturated heterocycles. The van der Waals surface area contributed by atoms with Gasteiger partial charge in [-0.05, 0) is 12.3 Å². The Balaban J connectivity index is 2.19. The Morgan fingerprint density at radius 3 is 2.89 bits per heavy atom. The Labute approximate surface area is 105 Å². The number of nitrogens with zero attached hydrogens (tertiary/aromatic N) is 3. The number of aryl methyl sites for hydroxylation is 1. The van der Waals surface area contributed by atoms with E-state index in [0.29, 0.717) is 12.3 Å². The van der Waals surface area contributed by atoms with Crippen molar-refractivity contribution in [2.75, 3.05) is 0 Å². The van der Waals surface area contributed by atoms with Crippen molar-refractivity contribution in [3.05, 3.63) is 30.0 Å². The average molecular weight is 247 g/mol. The van der Waals surface area contributed by atoms with Crippen molar-refractivity contribution >= 4 is 11.6 Å². The summed E-state index contributed by atoms with van der Waals surface area (Å²) in [4.78, 5) is 19.3. The van der Waals surface area contributed by atoms with Crippen molar-refractivity contribution in [2.45, 2.75) is 33.1 Å². The van der Waals surface area contributed by atoms with Crippen molar-refractivity contribution in [2.24, 2.45) is 5.92 Å². The molecule has 5 heteroatoms. The Morgan fingerprint density at radius 1 is 1.44 bits per heavy atom. The van der Waals surface area contributed by atoms with E-state index in [2.05, 4.69) is 23.8 Å². The van der Waals surface area contributed by atoms with E-state index in [1.54, 1.807) is 6.33 Å². The molecule has 0 radical (unpaired) electrons. The van der Waals surface area contributed by atoms with Gasteiger partial charge in [0.05, 0.1) is 12.1 Å². The largest absolute Gasteiger partial charge is 0.481 e. The number of carbonyl (C=O) groups is 1. The molecule has 2 aromatic heterocycles. The van der Waals surface area contributed by atoms with Crippen LogP contribution in [0.5, 0.6) is 0 Å². The summed E-state index contributed by atoms with van der Waals surface area (Å²) >= 11 is 0. The minimum absolute atomic E-state index is 0.107. The first-order valence-electron chi connectivity index (χ1n) is 6.09. The summed E-state index contributed by atoms with van der Waals surface area (Å²) in [5.41, 5.74) is 2.65. The second-order valence-corrected chi connectivity index (χ2v) is 4.87. The third-order valence-electron chi connectivity index (χ3n) is 2.67. The molecule has 0 fully saturated rings. The second-order valence-electron chi connectivity index (χ2n) is 4.87. The van der Waals surface area contributed by atoms with Gasteiger partial charge in [-0.1, -0.05) is 13.8 Å². The maximum Gasteiger partial charge on any atom is 0.303 e. The van der Waals surface area contributed by atoms with Gasteiger partial charge >= 0.3 is 5.97 Å². The smallest absolute Gasteiger partial charge is 0.303 e. The van der Waals surface area contributed by atoms with Gasteiger partial charge in [0.15, 0.2) is 0 Å². The molecule has 2 aromatic rings. The minimum atomic E-state index is -0.800. The molecule has 2 heterocycles. The third kappa shape index (κ3) is 3.06. The molecule has 0 atom stereocenters. The highest BCUT2D eigenvalue weighted by molar-refractivity contribution is 5.67. The van der Waals surface area contributed by atoms with E-state index >= 15 is 0 Å². The molecule has 0 unspecified atom stereocenters. The fraction of sp³-hybridized carbons (Fsp3) is 0.462. The van der Waals surface area contributed by atoms with Crippen molar-refractivity contribution in [3.8, 4) is 0 Å². The zero-order valence-electron chi connectivity index (χ0n) is 10.6. The maximum atomic E-state index is 10.5. The Kier molecular flexibility index (Phi) is 3.60. The number of aromatic nitrogens is 3. The minimum Gasteiger partial charge on any atom is -0.481 e. The summed E-state index contributed by atoms with van der Waals surface area (Å²) in [6.45, 7) is 4.30. The van der Waals surface area contributed by atoms with Gasteiger partial charge in [0.1, 0.15) is 12.0 Å². The number of imidazole rings is 1. The summed E-state index contributed by atoms with van der Waals surface area (Å²) in [5, 5.41) is 8.65. The molecule has 0 aromatic carbocycles. The highest BCUT2D eigenvalue weighted by Crippen LogP contribution is 2.10. The van der Waals surface area contributed by atoms with E-state index in [0.717, 1.165) is 23.5 Å². The van der Waals surface area contributed by atoms with Gasteiger partial charge in [-0.2, -0.15) is 0 Å². The lowest BCUT2D eigenvalue weighted by Crippen LogP contribution is -1.98. The Morgan fingerprint density at radius 2 is 2.22 bits per heavy atom. The van der Waals surface area contributed by atoms with Gasteiger partial charge in [-0.15, -0.1) is 0 Å². The first kappa shape index (κ1) is 12.5. The molecule has 18 heavy (non-hydrogen) atoms. The van der Waals surface area contributed by atoms with Crippen LogP contribution in [0.25, 0.3) is 5.65 Å². The molecule has 0 bridgehead atoms. The van der Waals surface area contributed by atoms with Gasteiger partial charge in [-0.3, -0.25) is 9.20 Å². The zero-order valence-corrected chi connectivity index (χ0v) is 10.6. The van der Waals surface area contributed by atoms with Crippen molar-refractivity contribution in [1.29, 1.82) is 0 Å². The van der Waals surface area contributed by atoms with Crippen molar-refractivity contribution < 1.29 is 9.90 Å². The van der Waals surface area contributed by atoms with Crippen molar-refractivity contribution in [3.63, 3.8) is 0 Å². The molecule has 5 nitrogen and oxygen atoms in total. The van der Waals surface area contributed by atoms with Crippen LogP contribution in [0.15, 0.2) is 18.6 Å². The number of aliphatic carboxylic acids is 1. The lowest BCUT2D eigenvalue weighted by Gasteiger charge is -2.03. The molecule has 0 aliphatic carbocycles. The van der Waals surface area contributed by atoms with E-state index in [1.165, 1.54) is 0 Å². The van der Waals surface area contributed by atoms with Crippen LogP contribution in [0.4, 0.5) is 0 Å². The fourth-order valence-corrected chi connectivity index (χ4v) is 1.87. The molecule has 0 saturated carbocycles. The molecule has 0 aliphatic heterocycles. The second kappa shape index (κ2) is 5.16. The summed E-state index contributed by atoms with van der Waals surface area (Å²) < 4.78 is 1.83. The number of hydrogen-bond donors (Lipinski definition) is 1.